The Hall–Kier alpha value is -1.67. The van der Waals surface area contributed by atoms with E-state index in [1.165, 1.54) is 11.3 Å². The van der Waals surface area contributed by atoms with Crippen LogP contribution in [0, 0.1) is 12.8 Å². The first-order valence-electron chi connectivity index (χ1n) is 6.74. The standard InChI is InChI=1S/C13H18ClN5O2S/c1-6(2)8(12-15-7(3)18-21-12)16-11(20)9-10(14)17-13(22-9)19(4)5/h6,8H,1-5H3,(H,16,20). The summed E-state index contributed by atoms with van der Waals surface area (Å²) in [6.07, 6.45) is 0. The molecule has 0 spiro atoms. The number of anilines is 1. The second-order valence-electron chi connectivity index (χ2n) is 5.39. The minimum atomic E-state index is -0.380. The maximum Gasteiger partial charge on any atom is 0.265 e. The Bertz CT molecular complexity index is 667. The van der Waals surface area contributed by atoms with Gasteiger partial charge >= 0.3 is 0 Å². The third kappa shape index (κ3) is 3.56. The minimum absolute atomic E-state index is 0.0869. The molecule has 0 bridgehead atoms. The van der Waals surface area contributed by atoms with Gasteiger partial charge < -0.3 is 14.7 Å². The molecule has 0 saturated carbocycles. The molecular weight excluding hydrogens is 326 g/mol. The molecule has 1 unspecified atom stereocenters. The first-order chi connectivity index (χ1) is 10.3. The fourth-order valence-corrected chi connectivity index (χ4v) is 2.90. The lowest BCUT2D eigenvalue weighted by Crippen LogP contribution is -2.31. The molecule has 2 aromatic rings. The van der Waals surface area contributed by atoms with Crippen molar-refractivity contribution in [2.45, 2.75) is 26.8 Å². The van der Waals surface area contributed by atoms with E-state index in [1.807, 2.05) is 27.9 Å². The first kappa shape index (κ1) is 16.7. The van der Waals surface area contributed by atoms with Crippen LogP contribution in [0.25, 0.3) is 0 Å². The second-order valence-corrected chi connectivity index (χ2v) is 6.72. The average molecular weight is 344 g/mol. The number of rotatable bonds is 5. The maximum atomic E-state index is 12.5. The summed E-state index contributed by atoms with van der Waals surface area (Å²) in [6, 6.07) is -0.380. The lowest BCUT2D eigenvalue weighted by atomic mass is 10.0. The van der Waals surface area contributed by atoms with Crippen LogP contribution in [0.1, 0.15) is 41.3 Å². The molecule has 2 aromatic heterocycles. The van der Waals surface area contributed by atoms with E-state index < -0.39 is 0 Å². The summed E-state index contributed by atoms with van der Waals surface area (Å²) >= 11 is 7.29. The molecule has 22 heavy (non-hydrogen) atoms. The van der Waals surface area contributed by atoms with E-state index >= 15 is 0 Å². The summed E-state index contributed by atoms with van der Waals surface area (Å²) in [5, 5.41) is 7.51. The summed E-state index contributed by atoms with van der Waals surface area (Å²) in [6.45, 7) is 5.66. The topological polar surface area (TPSA) is 84.2 Å². The molecule has 0 radical (unpaired) electrons. The smallest absolute Gasteiger partial charge is 0.265 e. The number of halogens is 1. The van der Waals surface area contributed by atoms with Crippen molar-refractivity contribution in [2.75, 3.05) is 19.0 Å². The molecule has 2 rings (SSSR count). The van der Waals surface area contributed by atoms with Crippen LogP contribution in [0.5, 0.6) is 0 Å². The number of nitrogens with one attached hydrogen (secondary N) is 1. The summed E-state index contributed by atoms with van der Waals surface area (Å²) in [7, 11) is 3.68. The average Bonchev–Trinajstić information content (AvgIpc) is 3.01. The number of carbonyl (C=O) groups is 1. The monoisotopic (exact) mass is 343 g/mol. The Morgan fingerprint density at radius 2 is 2.05 bits per heavy atom. The van der Waals surface area contributed by atoms with Crippen LogP contribution in [-0.4, -0.2) is 35.1 Å². The number of nitrogens with zero attached hydrogens (tertiary/aromatic N) is 4. The van der Waals surface area contributed by atoms with Gasteiger partial charge in [0.25, 0.3) is 5.91 Å². The van der Waals surface area contributed by atoms with Gasteiger partial charge in [-0.2, -0.15) is 4.98 Å². The molecular formula is C13H18ClN5O2S. The molecule has 0 aliphatic carbocycles. The van der Waals surface area contributed by atoms with E-state index in [9.17, 15) is 4.79 Å². The molecule has 120 valence electrons. The quantitative estimate of drug-likeness (QED) is 0.898. The molecule has 1 N–H and O–H groups in total. The Morgan fingerprint density at radius 1 is 1.36 bits per heavy atom. The van der Waals surface area contributed by atoms with Crippen LogP contribution in [0.3, 0.4) is 0 Å². The van der Waals surface area contributed by atoms with Gasteiger partial charge in [0.05, 0.1) is 0 Å². The highest BCUT2D eigenvalue weighted by Crippen LogP contribution is 2.29. The van der Waals surface area contributed by atoms with Crippen molar-refractivity contribution in [1.82, 2.24) is 20.4 Å². The predicted molar refractivity (Wildman–Crippen MR) is 85.5 cm³/mol. The third-order valence-corrected chi connectivity index (χ3v) is 4.53. The number of hydrogen-bond donors (Lipinski definition) is 1. The van der Waals surface area contributed by atoms with Gasteiger partial charge in [0, 0.05) is 14.1 Å². The molecule has 9 heteroatoms. The van der Waals surface area contributed by atoms with Gasteiger partial charge in [-0.05, 0) is 12.8 Å². The minimum Gasteiger partial charge on any atom is -0.354 e. The Morgan fingerprint density at radius 3 is 2.50 bits per heavy atom. The van der Waals surface area contributed by atoms with Crippen molar-refractivity contribution in [2.24, 2.45) is 5.92 Å². The van der Waals surface area contributed by atoms with Gasteiger partial charge in [-0.15, -0.1) is 0 Å². The largest absolute Gasteiger partial charge is 0.354 e. The number of thiazole rings is 1. The van der Waals surface area contributed by atoms with Crippen molar-refractivity contribution in [3.05, 3.63) is 21.7 Å². The van der Waals surface area contributed by atoms with E-state index in [-0.39, 0.29) is 23.0 Å². The van der Waals surface area contributed by atoms with Crippen LogP contribution in [-0.2, 0) is 0 Å². The van der Waals surface area contributed by atoms with Crippen molar-refractivity contribution < 1.29 is 9.32 Å². The zero-order valence-corrected chi connectivity index (χ0v) is 14.6. The summed E-state index contributed by atoms with van der Waals surface area (Å²) in [4.78, 5) is 23.0. The Labute approximate surface area is 137 Å². The van der Waals surface area contributed by atoms with Crippen molar-refractivity contribution in [1.29, 1.82) is 0 Å². The lowest BCUT2D eigenvalue weighted by molar-refractivity contribution is 0.0918. The van der Waals surface area contributed by atoms with Crippen molar-refractivity contribution >= 4 is 34.0 Å². The highest BCUT2D eigenvalue weighted by atomic mass is 35.5. The first-order valence-corrected chi connectivity index (χ1v) is 7.93. The Kier molecular flexibility index (Phi) is 5.02. The number of aromatic nitrogens is 3. The normalized spacial score (nSPS) is 12.5. The number of carbonyl (C=O) groups excluding carboxylic acids is 1. The fraction of sp³-hybridized carbons (Fsp3) is 0.538. The predicted octanol–water partition coefficient (Wildman–Crippen LogP) is 2.68. The molecule has 0 aliphatic rings. The van der Waals surface area contributed by atoms with E-state index in [1.54, 1.807) is 11.8 Å². The molecule has 0 saturated heterocycles. The molecule has 0 fully saturated rings. The lowest BCUT2D eigenvalue weighted by Gasteiger charge is -2.17. The molecule has 0 aromatic carbocycles. The zero-order valence-electron chi connectivity index (χ0n) is 13.0. The van der Waals surface area contributed by atoms with E-state index in [4.69, 9.17) is 16.1 Å². The second kappa shape index (κ2) is 6.62. The van der Waals surface area contributed by atoms with E-state index in [0.717, 1.165) is 0 Å². The van der Waals surface area contributed by atoms with Gasteiger partial charge in [0.2, 0.25) is 5.89 Å². The number of hydrogen-bond acceptors (Lipinski definition) is 7. The van der Waals surface area contributed by atoms with Crippen LogP contribution < -0.4 is 10.2 Å². The highest BCUT2D eigenvalue weighted by Gasteiger charge is 2.27. The Balaban J connectivity index is 2.22. The van der Waals surface area contributed by atoms with Gasteiger partial charge in [-0.1, -0.05) is 41.9 Å². The third-order valence-electron chi connectivity index (χ3n) is 2.93. The van der Waals surface area contributed by atoms with Crippen molar-refractivity contribution in [3.63, 3.8) is 0 Å². The van der Waals surface area contributed by atoms with E-state index in [0.29, 0.717) is 21.7 Å². The van der Waals surface area contributed by atoms with Gasteiger partial charge in [-0.3, -0.25) is 4.79 Å². The van der Waals surface area contributed by atoms with Gasteiger partial charge in [0.1, 0.15) is 10.9 Å². The number of aryl methyl sites for hydroxylation is 1. The fourth-order valence-electron chi connectivity index (χ4n) is 1.78. The van der Waals surface area contributed by atoms with Crippen LogP contribution in [0.15, 0.2) is 4.52 Å². The van der Waals surface area contributed by atoms with Crippen LogP contribution >= 0.6 is 22.9 Å². The van der Waals surface area contributed by atoms with E-state index in [2.05, 4.69) is 20.4 Å². The molecule has 2 heterocycles. The zero-order chi connectivity index (χ0) is 16.4. The number of amides is 1. The van der Waals surface area contributed by atoms with Crippen molar-refractivity contribution in [3.8, 4) is 0 Å². The van der Waals surface area contributed by atoms with Gasteiger partial charge in [0.15, 0.2) is 16.1 Å². The summed E-state index contributed by atoms with van der Waals surface area (Å²) < 4.78 is 5.17. The SMILES string of the molecule is Cc1noc(C(NC(=O)c2sc(N(C)C)nc2Cl)C(C)C)n1. The molecule has 1 atom stereocenters. The van der Waals surface area contributed by atoms with Crippen LogP contribution in [0.4, 0.5) is 5.13 Å². The highest BCUT2D eigenvalue weighted by molar-refractivity contribution is 7.18. The summed E-state index contributed by atoms with van der Waals surface area (Å²) in [5.41, 5.74) is 0. The molecule has 7 nitrogen and oxygen atoms in total. The maximum absolute atomic E-state index is 12.5. The summed E-state index contributed by atoms with van der Waals surface area (Å²) in [5.74, 6) is 0.698. The molecule has 1 amide bonds. The van der Waals surface area contributed by atoms with Crippen LogP contribution in [0.2, 0.25) is 5.15 Å². The van der Waals surface area contributed by atoms with Gasteiger partial charge in [-0.25, -0.2) is 4.98 Å². The molecule has 0 aliphatic heterocycles.